The normalized spacial score (nSPS) is 20.3. The van der Waals surface area contributed by atoms with E-state index in [0.29, 0.717) is 19.1 Å². The predicted octanol–water partition coefficient (Wildman–Crippen LogP) is 2.28. The summed E-state index contributed by atoms with van der Waals surface area (Å²) in [6, 6.07) is 7.22. The number of hydrogen-bond acceptors (Lipinski definition) is 3. The van der Waals surface area contributed by atoms with Crippen LogP contribution in [-0.4, -0.2) is 62.1 Å². The molecule has 1 aromatic rings. The number of rotatable bonds is 7. The molecule has 29 heavy (non-hydrogen) atoms. The Bertz CT molecular complexity index is 664. The highest BCUT2D eigenvalue weighted by Crippen LogP contribution is 2.26. The third kappa shape index (κ3) is 7.73. The molecule has 3 N–H and O–H groups in total. The van der Waals surface area contributed by atoms with Crippen molar-refractivity contribution < 1.29 is 9.18 Å². The molecule has 1 heterocycles. The van der Waals surface area contributed by atoms with E-state index in [0.717, 1.165) is 30.5 Å². The zero-order valence-electron chi connectivity index (χ0n) is 17.1. The second-order valence-corrected chi connectivity index (χ2v) is 7.72. The van der Waals surface area contributed by atoms with E-state index < -0.39 is 0 Å². The van der Waals surface area contributed by atoms with Crippen molar-refractivity contribution >= 4 is 35.8 Å². The van der Waals surface area contributed by atoms with Crippen molar-refractivity contribution in [1.29, 1.82) is 0 Å². The monoisotopic (exact) mass is 517 g/mol. The van der Waals surface area contributed by atoms with Crippen molar-refractivity contribution in [2.24, 2.45) is 4.99 Å². The van der Waals surface area contributed by atoms with E-state index in [4.69, 9.17) is 0 Å². The molecule has 3 rings (SSSR count). The second kappa shape index (κ2) is 12.3. The van der Waals surface area contributed by atoms with E-state index in [9.17, 15) is 9.18 Å². The number of halogens is 2. The average molecular weight is 517 g/mol. The van der Waals surface area contributed by atoms with Gasteiger partial charge in [0.05, 0.1) is 6.42 Å². The van der Waals surface area contributed by atoms with Gasteiger partial charge < -0.3 is 16.0 Å². The molecule has 2 aliphatic rings. The molecule has 1 amide bonds. The van der Waals surface area contributed by atoms with Crippen molar-refractivity contribution in [2.45, 2.75) is 50.6 Å². The highest BCUT2D eigenvalue weighted by atomic mass is 127. The van der Waals surface area contributed by atoms with Crippen LogP contribution < -0.4 is 16.0 Å². The molecule has 0 radical (unpaired) electrons. The Morgan fingerprint density at radius 3 is 2.52 bits per heavy atom. The van der Waals surface area contributed by atoms with Crippen LogP contribution in [0.15, 0.2) is 29.3 Å². The minimum absolute atomic E-state index is 0. The summed E-state index contributed by atoms with van der Waals surface area (Å²) in [5, 5.41) is 9.64. The Morgan fingerprint density at radius 1 is 1.14 bits per heavy atom. The highest BCUT2D eigenvalue weighted by molar-refractivity contribution is 14.0. The fourth-order valence-electron chi connectivity index (χ4n) is 4.13. The number of guanidine groups is 1. The number of aliphatic imine (C=N–C) groups is 1. The van der Waals surface area contributed by atoms with Crippen LogP contribution in [0.1, 0.15) is 37.7 Å². The van der Waals surface area contributed by atoms with Crippen LogP contribution in [-0.2, 0) is 11.2 Å². The van der Waals surface area contributed by atoms with E-state index in [2.05, 4.69) is 25.8 Å². The minimum Gasteiger partial charge on any atom is -0.355 e. The molecule has 1 aliphatic heterocycles. The van der Waals surface area contributed by atoms with Crippen LogP contribution in [0.3, 0.4) is 0 Å². The van der Waals surface area contributed by atoms with Crippen molar-refractivity contribution in [2.75, 3.05) is 33.2 Å². The first-order chi connectivity index (χ1) is 13.6. The molecule has 0 bridgehead atoms. The first kappa shape index (κ1) is 23.9. The zero-order chi connectivity index (χ0) is 19.8. The largest absolute Gasteiger partial charge is 0.355 e. The van der Waals surface area contributed by atoms with Gasteiger partial charge in [-0.2, -0.15) is 0 Å². The lowest BCUT2D eigenvalue weighted by Crippen LogP contribution is -2.47. The molecule has 1 aliphatic carbocycles. The van der Waals surface area contributed by atoms with Crippen molar-refractivity contribution in [1.82, 2.24) is 20.9 Å². The molecule has 1 atom stereocenters. The molecule has 8 heteroatoms. The van der Waals surface area contributed by atoms with Crippen LogP contribution >= 0.6 is 24.0 Å². The van der Waals surface area contributed by atoms with Gasteiger partial charge in [-0.15, -0.1) is 24.0 Å². The van der Waals surface area contributed by atoms with Gasteiger partial charge in [-0.3, -0.25) is 14.7 Å². The molecule has 1 saturated carbocycles. The number of nitrogens with one attached hydrogen (secondary N) is 3. The topological polar surface area (TPSA) is 68.8 Å². The van der Waals surface area contributed by atoms with Crippen molar-refractivity contribution in [3.8, 4) is 0 Å². The van der Waals surface area contributed by atoms with Crippen molar-refractivity contribution in [3.63, 3.8) is 0 Å². The van der Waals surface area contributed by atoms with Gasteiger partial charge in [0.25, 0.3) is 0 Å². The summed E-state index contributed by atoms with van der Waals surface area (Å²) < 4.78 is 12.9. The Morgan fingerprint density at radius 2 is 1.83 bits per heavy atom. The molecule has 162 valence electrons. The number of hydrogen-bond donors (Lipinski definition) is 3. The zero-order valence-corrected chi connectivity index (χ0v) is 19.5. The summed E-state index contributed by atoms with van der Waals surface area (Å²) in [6.07, 6.45) is 6.83. The van der Waals surface area contributed by atoms with E-state index in [1.165, 1.54) is 44.4 Å². The molecule has 1 unspecified atom stereocenters. The number of benzene rings is 1. The third-order valence-electron chi connectivity index (χ3n) is 5.64. The maximum atomic E-state index is 12.9. The van der Waals surface area contributed by atoms with Gasteiger partial charge in [-0.1, -0.05) is 25.0 Å². The fraction of sp³-hybridized carbons (Fsp3) is 0.619. The molecule has 1 saturated heterocycles. The predicted molar refractivity (Wildman–Crippen MR) is 125 cm³/mol. The maximum Gasteiger partial charge on any atom is 0.224 e. The third-order valence-corrected chi connectivity index (χ3v) is 5.64. The fourth-order valence-corrected chi connectivity index (χ4v) is 4.13. The lowest BCUT2D eigenvalue weighted by atomic mass is 10.1. The molecule has 0 spiro atoms. The van der Waals surface area contributed by atoms with E-state index >= 15 is 0 Å². The maximum absolute atomic E-state index is 12.9. The molecular weight excluding hydrogens is 484 g/mol. The quantitative estimate of drug-likeness (QED) is 0.225. The van der Waals surface area contributed by atoms with Crippen LogP contribution in [0, 0.1) is 5.82 Å². The number of carbonyl (C=O) groups is 1. The smallest absolute Gasteiger partial charge is 0.224 e. The summed E-state index contributed by atoms with van der Waals surface area (Å²) in [7, 11) is 1.77. The van der Waals surface area contributed by atoms with Crippen LogP contribution in [0.4, 0.5) is 4.39 Å². The Kier molecular flexibility index (Phi) is 10.1. The van der Waals surface area contributed by atoms with Gasteiger partial charge in [-0.25, -0.2) is 4.39 Å². The summed E-state index contributed by atoms with van der Waals surface area (Å²) in [5.74, 6) is 0.422. The lowest BCUT2D eigenvalue weighted by molar-refractivity contribution is -0.120. The van der Waals surface area contributed by atoms with Crippen LogP contribution in [0.5, 0.6) is 0 Å². The summed E-state index contributed by atoms with van der Waals surface area (Å²) in [4.78, 5) is 18.9. The van der Waals surface area contributed by atoms with Gasteiger partial charge >= 0.3 is 0 Å². The van der Waals surface area contributed by atoms with E-state index in [-0.39, 0.29) is 42.1 Å². The second-order valence-electron chi connectivity index (χ2n) is 7.72. The summed E-state index contributed by atoms with van der Waals surface area (Å²) >= 11 is 0. The number of amides is 1. The minimum atomic E-state index is -0.291. The summed E-state index contributed by atoms with van der Waals surface area (Å²) in [5.41, 5.74) is 0.803. The highest BCUT2D eigenvalue weighted by Gasteiger charge is 2.30. The molecule has 2 fully saturated rings. The summed E-state index contributed by atoms with van der Waals surface area (Å²) in [6.45, 7) is 3.37. The van der Waals surface area contributed by atoms with E-state index in [1.807, 2.05) is 0 Å². The SMILES string of the molecule is CN=C(NCCNC(=O)Cc1ccc(F)cc1)NC1CCN(C2CCCC2)C1.I. The first-order valence-corrected chi connectivity index (χ1v) is 10.4. The first-order valence-electron chi connectivity index (χ1n) is 10.4. The van der Waals surface area contributed by atoms with Gasteiger partial charge in [0, 0.05) is 45.3 Å². The van der Waals surface area contributed by atoms with E-state index in [1.54, 1.807) is 19.2 Å². The Hall–Kier alpha value is -1.42. The number of carbonyl (C=O) groups excluding carboxylic acids is 1. The Labute approximate surface area is 190 Å². The van der Waals surface area contributed by atoms with Crippen LogP contribution in [0.25, 0.3) is 0 Å². The van der Waals surface area contributed by atoms with Gasteiger partial charge in [-0.05, 0) is 37.0 Å². The lowest BCUT2D eigenvalue weighted by Gasteiger charge is -2.24. The molecular formula is C21H33FIN5O. The molecule has 0 aromatic heterocycles. The molecule has 1 aromatic carbocycles. The van der Waals surface area contributed by atoms with Gasteiger partial charge in [0.15, 0.2) is 5.96 Å². The van der Waals surface area contributed by atoms with Gasteiger partial charge in [0.2, 0.25) is 5.91 Å². The standard InChI is InChI=1S/C21H32FN5O.HI/c1-23-21(26-18-10-13-27(15-18)19-4-2-3-5-19)25-12-11-24-20(28)14-16-6-8-17(22)9-7-16;/h6-9,18-19H,2-5,10-15H2,1H3,(H,24,28)(H2,23,25,26);1H. The number of nitrogens with zero attached hydrogens (tertiary/aromatic N) is 2. The number of likely N-dealkylation sites (tertiary alicyclic amines) is 1. The Balaban J connectivity index is 0.00000300. The average Bonchev–Trinajstić information content (AvgIpc) is 3.37. The van der Waals surface area contributed by atoms with Gasteiger partial charge in [0.1, 0.15) is 5.82 Å². The molecule has 6 nitrogen and oxygen atoms in total. The van der Waals surface area contributed by atoms with Crippen LogP contribution in [0.2, 0.25) is 0 Å². The van der Waals surface area contributed by atoms with Crippen molar-refractivity contribution in [3.05, 3.63) is 35.6 Å².